The Balaban J connectivity index is 1.63. The molecule has 4 rings (SSSR count). The van der Waals surface area contributed by atoms with Gasteiger partial charge in [-0.25, -0.2) is 0 Å². The standard InChI is InChI=1S/C22H23N5O/c1-13(2)16-9-11-17(12-10-16)22-24-26-27(25-22)15(4)21(28)20-14(3)23-19-8-6-5-7-18(19)20/h5-13,15,23H,1-4H3/t15-/m0/s1. The molecule has 2 aromatic carbocycles. The van der Waals surface area contributed by atoms with E-state index in [-0.39, 0.29) is 5.78 Å². The van der Waals surface area contributed by atoms with E-state index >= 15 is 0 Å². The molecule has 6 heteroatoms. The first-order chi connectivity index (χ1) is 13.5. The highest BCUT2D eigenvalue weighted by atomic mass is 16.1. The van der Waals surface area contributed by atoms with Gasteiger partial charge in [0.1, 0.15) is 6.04 Å². The Bertz CT molecular complexity index is 1140. The van der Waals surface area contributed by atoms with Crippen molar-refractivity contribution in [3.05, 3.63) is 65.4 Å². The summed E-state index contributed by atoms with van der Waals surface area (Å²) < 4.78 is 0. The fourth-order valence-electron chi connectivity index (χ4n) is 3.43. The molecule has 2 heterocycles. The van der Waals surface area contributed by atoms with Gasteiger partial charge in [0, 0.05) is 27.7 Å². The molecule has 142 valence electrons. The molecule has 4 aromatic rings. The molecule has 1 atom stereocenters. The van der Waals surface area contributed by atoms with Gasteiger partial charge in [0.05, 0.1) is 0 Å². The molecule has 1 N–H and O–H groups in total. The summed E-state index contributed by atoms with van der Waals surface area (Å²) in [5.41, 5.74) is 4.63. The third-order valence-electron chi connectivity index (χ3n) is 5.13. The molecular formula is C22H23N5O. The molecule has 0 saturated heterocycles. The van der Waals surface area contributed by atoms with Crippen molar-refractivity contribution in [1.82, 2.24) is 25.2 Å². The van der Waals surface area contributed by atoms with Gasteiger partial charge in [0.15, 0.2) is 5.78 Å². The van der Waals surface area contributed by atoms with Gasteiger partial charge in [0.25, 0.3) is 0 Å². The Hall–Kier alpha value is -3.28. The first kappa shape index (κ1) is 18.1. The van der Waals surface area contributed by atoms with Crippen molar-refractivity contribution in [2.75, 3.05) is 0 Å². The van der Waals surface area contributed by atoms with Crippen molar-refractivity contribution in [1.29, 1.82) is 0 Å². The van der Waals surface area contributed by atoms with Crippen LogP contribution in [-0.4, -0.2) is 31.0 Å². The van der Waals surface area contributed by atoms with Gasteiger partial charge in [-0.3, -0.25) is 4.79 Å². The molecule has 0 bridgehead atoms. The monoisotopic (exact) mass is 373 g/mol. The summed E-state index contributed by atoms with van der Waals surface area (Å²) in [6.07, 6.45) is 0. The number of carbonyl (C=O) groups is 1. The smallest absolute Gasteiger partial charge is 0.204 e. The van der Waals surface area contributed by atoms with E-state index in [4.69, 9.17) is 0 Å². The summed E-state index contributed by atoms with van der Waals surface area (Å²) in [6.45, 7) is 8.03. The van der Waals surface area contributed by atoms with Gasteiger partial charge in [-0.1, -0.05) is 56.3 Å². The average molecular weight is 373 g/mol. The third kappa shape index (κ3) is 3.11. The number of ketones is 1. The van der Waals surface area contributed by atoms with E-state index in [0.717, 1.165) is 22.2 Å². The summed E-state index contributed by atoms with van der Waals surface area (Å²) >= 11 is 0. The number of nitrogens with one attached hydrogen (secondary N) is 1. The Morgan fingerprint density at radius 2 is 1.75 bits per heavy atom. The van der Waals surface area contributed by atoms with Crippen LogP contribution in [0.4, 0.5) is 0 Å². The minimum Gasteiger partial charge on any atom is -0.358 e. The van der Waals surface area contributed by atoms with Crippen LogP contribution in [0.25, 0.3) is 22.3 Å². The number of carbonyl (C=O) groups excluding carboxylic acids is 1. The number of aromatic nitrogens is 5. The molecule has 6 nitrogen and oxygen atoms in total. The molecule has 28 heavy (non-hydrogen) atoms. The van der Waals surface area contributed by atoms with Crippen molar-refractivity contribution in [2.24, 2.45) is 0 Å². The number of nitrogens with zero attached hydrogens (tertiary/aromatic N) is 4. The number of rotatable bonds is 5. The largest absolute Gasteiger partial charge is 0.358 e. The quantitative estimate of drug-likeness (QED) is 0.515. The van der Waals surface area contributed by atoms with Crippen LogP contribution in [0.5, 0.6) is 0 Å². The number of fused-ring (bicyclic) bond motifs is 1. The van der Waals surface area contributed by atoms with Crippen LogP contribution in [0.3, 0.4) is 0 Å². The van der Waals surface area contributed by atoms with Crippen molar-refractivity contribution in [2.45, 2.75) is 39.7 Å². The minimum absolute atomic E-state index is 0.0333. The predicted molar refractivity (Wildman–Crippen MR) is 109 cm³/mol. The summed E-state index contributed by atoms with van der Waals surface area (Å²) in [4.78, 5) is 17.8. The lowest BCUT2D eigenvalue weighted by atomic mass is 10.0. The molecule has 0 unspecified atom stereocenters. The minimum atomic E-state index is -0.547. The number of para-hydroxylation sites is 1. The first-order valence-electron chi connectivity index (χ1n) is 9.47. The maximum absolute atomic E-state index is 13.2. The van der Waals surface area contributed by atoms with Crippen molar-refractivity contribution in [3.8, 4) is 11.4 Å². The van der Waals surface area contributed by atoms with Crippen LogP contribution in [0.15, 0.2) is 48.5 Å². The highest BCUT2D eigenvalue weighted by molar-refractivity contribution is 6.10. The van der Waals surface area contributed by atoms with E-state index in [1.54, 1.807) is 6.92 Å². The lowest BCUT2D eigenvalue weighted by Gasteiger charge is -2.09. The lowest BCUT2D eigenvalue weighted by Crippen LogP contribution is -2.19. The second kappa shape index (κ2) is 7.03. The van der Waals surface area contributed by atoms with E-state index in [0.29, 0.717) is 17.3 Å². The van der Waals surface area contributed by atoms with Crippen LogP contribution in [0.2, 0.25) is 0 Å². The van der Waals surface area contributed by atoms with Gasteiger partial charge in [-0.05, 0) is 36.6 Å². The van der Waals surface area contributed by atoms with Gasteiger partial charge >= 0.3 is 0 Å². The van der Waals surface area contributed by atoms with E-state index in [1.165, 1.54) is 10.4 Å². The van der Waals surface area contributed by atoms with E-state index in [2.05, 4.69) is 46.4 Å². The number of benzene rings is 2. The van der Waals surface area contributed by atoms with Crippen LogP contribution < -0.4 is 0 Å². The van der Waals surface area contributed by atoms with Crippen molar-refractivity contribution in [3.63, 3.8) is 0 Å². The molecule has 0 aliphatic carbocycles. The Labute approximate surface area is 163 Å². The summed E-state index contributed by atoms with van der Waals surface area (Å²) in [6, 6.07) is 15.4. The molecule has 0 spiro atoms. The summed E-state index contributed by atoms with van der Waals surface area (Å²) in [5, 5.41) is 13.7. The molecule has 0 amide bonds. The zero-order valence-corrected chi connectivity index (χ0v) is 16.5. The summed E-state index contributed by atoms with van der Waals surface area (Å²) in [5.74, 6) is 0.953. The third-order valence-corrected chi connectivity index (χ3v) is 5.13. The second-order valence-electron chi connectivity index (χ2n) is 7.42. The van der Waals surface area contributed by atoms with Gasteiger partial charge < -0.3 is 4.98 Å². The normalized spacial score (nSPS) is 12.6. The number of hydrogen-bond acceptors (Lipinski definition) is 4. The van der Waals surface area contributed by atoms with Crippen molar-refractivity contribution < 1.29 is 4.79 Å². The fourth-order valence-corrected chi connectivity index (χ4v) is 3.43. The number of Topliss-reactive ketones (excluding diaryl/α,β-unsaturated/α-hetero) is 1. The van der Waals surface area contributed by atoms with Crippen LogP contribution >= 0.6 is 0 Å². The number of hydrogen-bond donors (Lipinski definition) is 1. The Morgan fingerprint density at radius 3 is 2.46 bits per heavy atom. The maximum Gasteiger partial charge on any atom is 0.204 e. The Kier molecular flexibility index (Phi) is 4.55. The SMILES string of the molecule is Cc1[nH]c2ccccc2c1C(=O)[C@H](C)n1nnc(-c2ccc(C(C)C)cc2)n1. The van der Waals surface area contributed by atoms with Gasteiger partial charge in [-0.2, -0.15) is 4.80 Å². The van der Waals surface area contributed by atoms with Gasteiger partial charge in [0.2, 0.25) is 5.82 Å². The van der Waals surface area contributed by atoms with E-state index in [9.17, 15) is 4.79 Å². The lowest BCUT2D eigenvalue weighted by molar-refractivity contribution is 0.0919. The molecular weight excluding hydrogens is 350 g/mol. The number of tetrazole rings is 1. The highest BCUT2D eigenvalue weighted by Crippen LogP contribution is 2.26. The van der Waals surface area contributed by atoms with E-state index in [1.807, 2.05) is 43.3 Å². The van der Waals surface area contributed by atoms with E-state index < -0.39 is 6.04 Å². The van der Waals surface area contributed by atoms with Gasteiger partial charge in [-0.15, -0.1) is 10.2 Å². The zero-order valence-electron chi connectivity index (χ0n) is 16.5. The topological polar surface area (TPSA) is 76.5 Å². The number of H-pyrrole nitrogens is 1. The number of aryl methyl sites for hydroxylation is 1. The maximum atomic E-state index is 13.2. The average Bonchev–Trinajstić information content (AvgIpc) is 3.31. The molecule has 0 fully saturated rings. The predicted octanol–water partition coefficient (Wildman–Crippen LogP) is 4.70. The van der Waals surface area contributed by atoms with Crippen LogP contribution in [0.1, 0.15) is 54.3 Å². The Morgan fingerprint density at radius 1 is 1.04 bits per heavy atom. The summed E-state index contributed by atoms with van der Waals surface area (Å²) in [7, 11) is 0. The molecule has 2 aromatic heterocycles. The second-order valence-corrected chi connectivity index (χ2v) is 7.42. The first-order valence-corrected chi connectivity index (χ1v) is 9.47. The fraction of sp³-hybridized carbons (Fsp3) is 0.273. The zero-order chi connectivity index (χ0) is 19.8. The van der Waals surface area contributed by atoms with Crippen LogP contribution in [-0.2, 0) is 0 Å². The van der Waals surface area contributed by atoms with Crippen molar-refractivity contribution >= 4 is 16.7 Å². The highest BCUT2D eigenvalue weighted by Gasteiger charge is 2.24. The van der Waals surface area contributed by atoms with Crippen LogP contribution in [0, 0.1) is 6.92 Å². The molecule has 0 aliphatic rings. The molecule has 0 aliphatic heterocycles. The molecule has 0 saturated carbocycles. The number of aromatic amines is 1. The molecule has 0 radical (unpaired) electrons.